The molecule has 4 rings (SSSR count). The number of anilines is 1. The summed E-state index contributed by atoms with van der Waals surface area (Å²) in [4.78, 5) is 14.3. The number of hydrogen-bond donors (Lipinski definition) is 2. The maximum atomic E-state index is 12.9. The van der Waals surface area contributed by atoms with Gasteiger partial charge >= 0.3 is 6.03 Å². The van der Waals surface area contributed by atoms with Gasteiger partial charge in [0.25, 0.3) is 0 Å². The first-order chi connectivity index (χ1) is 14.6. The molecule has 3 aromatic rings. The van der Waals surface area contributed by atoms with Crippen molar-refractivity contribution in [1.29, 1.82) is 0 Å². The lowest BCUT2D eigenvalue weighted by Crippen LogP contribution is -2.45. The van der Waals surface area contributed by atoms with Crippen molar-refractivity contribution in [3.05, 3.63) is 65.3 Å². The van der Waals surface area contributed by atoms with Gasteiger partial charge in [0.2, 0.25) is 11.8 Å². The van der Waals surface area contributed by atoms with E-state index in [1.54, 1.807) is 6.07 Å². The summed E-state index contributed by atoms with van der Waals surface area (Å²) in [6.07, 6.45) is 1.62. The van der Waals surface area contributed by atoms with E-state index >= 15 is 0 Å². The van der Waals surface area contributed by atoms with Crippen molar-refractivity contribution in [2.24, 2.45) is 0 Å². The predicted octanol–water partition coefficient (Wildman–Crippen LogP) is 4.32. The smallest absolute Gasteiger partial charge is 0.319 e. The number of urea groups is 1. The van der Waals surface area contributed by atoms with Crippen LogP contribution in [0.3, 0.4) is 0 Å². The van der Waals surface area contributed by atoms with Crippen molar-refractivity contribution in [2.45, 2.75) is 25.4 Å². The maximum absolute atomic E-state index is 12.9. The van der Waals surface area contributed by atoms with Crippen LogP contribution >= 0.6 is 11.6 Å². The van der Waals surface area contributed by atoms with E-state index in [1.807, 2.05) is 18.2 Å². The average Bonchev–Trinajstić information content (AvgIpc) is 3.20. The number of nitrogens with zero attached hydrogens (tertiary/aromatic N) is 3. The number of amides is 2. The van der Waals surface area contributed by atoms with Crippen molar-refractivity contribution in [3.8, 4) is 11.5 Å². The molecule has 1 aliphatic rings. The van der Waals surface area contributed by atoms with Gasteiger partial charge in [-0.05, 0) is 49.2 Å². The molecule has 9 heteroatoms. The topological polar surface area (TPSA) is 83.3 Å². The fraction of sp³-hybridized carbons (Fsp3) is 0.286. The largest absolute Gasteiger partial charge is 0.419 e. The summed E-state index contributed by atoms with van der Waals surface area (Å²) in [5.74, 6) is 0.601. The SMILES string of the molecule is O=C(Nc1ccc(F)cc1)NC1CCN(Cc2nnc(-c3ccccc3Cl)o2)CC1. The van der Waals surface area contributed by atoms with E-state index in [0.717, 1.165) is 25.9 Å². The molecule has 2 amide bonds. The lowest BCUT2D eigenvalue weighted by Gasteiger charge is -2.31. The van der Waals surface area contributed by atoms with E-state index < -0.39 is 0 Å². The standard InChI is InChI=1S/C21H21ClFN5O2/c22-18-4-2-1-3-17(18)20-27-26-19(30-20)13-28-11-9-16(10-12-28)25-21(29)24-15-7-5-14(23)6-8-15/h1-8,16H,9-13H2,(H2,24,25,29). The summed E-state index contributed by atoms with van der Waals surface area (Å²) in [5.41, 5.74) is 1.27. The monoisotopic (exact) mass is 429 g/mol. The van der Waals surface area contributed by atoms with E-state index in [2.05, 4.69) is 25.7 Å². The van der Waals surface area contributed by atoms with E-state index in [-0.39, 0.29) is 17.9 Å². The molecule has 2 heterocycles. The van der Waals surface area contributed by atoms with Crippen LogP contribution in [-0.2, 0) is 6.54 Å². The Hall–Kier alpha value is -2.97. The van der Waals surface area contributed by atoms with E-state index in [4.69, 9.17) is 16.0 Å². The first-order valence-corrected chi connectivity index (χ1v) is 10.1. The number of carbonyl (C=O) groups is 1. The van der Waals surface area contributed by atoms with E-state index in [9.17, 15) is 9.18 Å². The zero-order valence-corrected chi connectivity index (χ0v) is 16.9. The number of likely N-dealkylation sites (tertiary alicyclic amines) is 1. The summed E-state index contributed by atoms with van der Waals surface area (Å²) in [6, 6.07) is 12.8. The maximum Gasteiger partial charge on any atom is 0.319 e. The molecule has 1 aromatic heterocycles. The van der Waals surface area contributed by atoms with Crippen molar-refractivity contribution in [2.75, 3.05) is 18.4 Å². The molecule has 1 saturated heterocycles. The number of piperidine rings is 1. The van der Waals surface area contributed by atoms with Crippen LogP contribution in [0.25, 0.3) is 11.5 Å². The summed E-state index contributed by atoms with van der Waals surface area (Å²) in [7, 11) is 0. The first kappa shape index (κ1) is 20.3. The normalized spacial score (nSPS) is 15.1. The third-order valence-electron chi connectivity index (χ3n) is 4.95. The minimum Gasteiger partial charge on any atom is -0.419 e. The highest BCUT2D eigenvalue weighted by molar-refractivity contribution is 6.33. The van der Waals surface area contributed by atoms with Gasteiger partial charge in [-0.1, -0.05) is 23.7 Å². The van der Waals surface area contributed by atoms with Gasteiger partial charge in [0.1, 0.15) is 5.82 Å². The number of aromatic nitrogens is 2. The third-order valence-corrected chi connectivity index (χ3v) is 5.28. The molecule has 30 heavy (non-hydrogen) atoms. The van der Waals surface area contributed by atoms with Gasteiger partial charge in [-0.2, -0.15) is 0 Å². The van der Waals surface area contributed by atoms with Crippen LogP contribution in [0.1, 0.15) is 18.7 Å². The summed E-state index contributed by atoms with van der Waals surface area (Å²) in [6.45, 7) is 2.14. The number of halogens is 2. The minimum atomic E-state index is -0.339. The molecule has 0 radical (unpaired) electrons. The Kier molecular flexibility index (Phi) is 6.25. The summed E-state index contributed by atoms with van der Waals surface area (Å²) < 4.78 is 18.7. The van der Waals surface area contributed by atoms with E-state index in [0.29, 0.717) is 34.6 Å². The second kappa shape index (κ2) is 9.23. The van der Waals surface area contributed by atoms with Crippen LogP contribution in [-0.4, -0.2) is 40.3 Å². The van der Waals surface area contributed by atoms with Crippen molar-refractivity contribution in [3.63, 3.8) is 0 Å². The lowest BCUT2D eigenvalue weighted by atomic mass is 10.1. The molecule has 2 N–H and O–H groups in total. The molecule has 0 bridgehead atoms. The average molecular weight is 430 g/mol. The Morgan fingerprint density at radius 2 is 1.87 bits per heavy atom. The quantitative estimate of drug-likeness (QED) is 0.631. The molecule has 0 unspecified atom stereocenters. The van der Waals surface area contributed by atoms with E-state index in [1.165, 1.54) is 24.3 Å². The van der Waals surface area contributed by atoms with Gasteiger partial charge in [-0.3, -0.25) is 4.90 Å². The molecule has 2 aromatic carbocycles. The van der Waals surface area contributed by atoms with Crippen molar-refractivity contribution in [1.82, 2.24) is 20.4 Å². The highest BCUT2D eigenvalue weighted by Crippen LogP contribution is 2.26. The van der Waals surface area contributed by atoms with Crippen LogP contribution in [0, 0.1) is 5.82 Å². The number of hydrogen-bond acceptors (Lipinski definition) is 5. The Morgan fingerprint density at radius 3 is 2.60 bits per heavy atom. The molecule has 0 saturated carbocycles. The Bertz CT molecular complexity index is 1000. The summed E-state index contributed by atoms with van der Waals surface area (Å²) >= 11 is 6.18. The summed E-state index contributed by atoms with van der Waals surface area (Å²) in [5, 5.41) is 14.5. The fourth-order valence-corrected chi connectivity index (χ4v) is 3.59. The van der Waals surface area contributed by atoms with Gasteiger partial charge < -0.3 is 15.1 Å². The zero-order chi connectivity index (χ0) is 20.9. The second-order valence-corrected chi connectivity index (χ2v) is 7.54. The van der Waals surface area contributed by atoms with Crippen LogP contribution in [0.2, 0.25) is 5.02 Å². The third kappa shape index (κ3) is 5.14. The van der Waals surface area contributed by atoms with Crippen molar-refractivity contribution < 1.29 is 13.6 Å². The first-order valence-electron chi connectivity index (χ1n) is 9.69. The highest BCUT2D eigenvalue weighted by Gasteiger charge is 2.22. The molecule has 0 aliphatic carbocycles. The molecule has 7 nitrogen and oxygen atoms in total. The number of rotatable bonds is 5. The van der Waals surface area contributed by atoms with Gasteiger partial charge in [0.05, 0.1) is 17.1 Å². The van der Waals surface area contributed by atoms with Gasteiger partial charge in [0, 0.05) is 24.8 Å². The Labute approximate surface area is 178 Å². The van der Waals surface area contributed by atoms with Gasteiger partial charge in [0.15, 0.2) is 0 Å². The van der Waals surface area contributed by atoms with Gasteiger partial charge in [-0.15, -0.1) is 10.2 Å². The lowest BCUT2D eigenvalue weighted by molar-refractivity contribution is 0.177. The molecule has 0 atom stereocenters. The Balaban J connectivity index is 1.24. The molecule has 0 spiro atoms. The number of carbonyl (C=O) groups excluding carboxylic acids is 1. The second-order valence-electron chi connectivity index (χ2n) is 7.14. The van der Waals surface area contributed by atoms with Crippen molar-refractivity contribution >= 4 is 23.3 Å². The number of nitrogens with one attached hydrogen (secondary N) is 2. The number of benzene rings is 2. The minimum absolute atomic E-state index is 0.0723. The van der Waals surface area contributed by atoms with Crippen LogP contribution < -0.4 is 10.6 Å². The predicted molar refractivity (Wildman–Crippen MR) is 112 cm³/mol. The Morgan fingerprint density at radius 1 is 1.13 bits per heavy atom. The molecular formula is C21H21ClFN5O2. The molecule has 1 fully saturated rings. The van der Waals surface area contributed by atoms with Crippen LogP contribution in [0.15, 0.2) is 52.9 Å². The zero-order valence-electron chi connectivity index (χ0n) is 16.1. The van der Waals surface area contributed by atoms with Gasteiger partial charge in [-0.25, -0.2) is 9.18 Å². The molecule has 1 aliphatic heterocycles. The highest BCUT2D eigenvalue weighted by atomic mass is 35.5. The fourth-order valence-electron chi connectivity index (χ4n) is 3.37. The van der Waals surface area contributed by atoms with Crippen LogP contribution in [0.4, 0.5) is 14.9 Å². The molecule has 156 valence electrons. The molecular weight excluding hydrogens is 409 g/mol. The van der Waals surface area contributed by atoms with Crippen LogP contribution in [0.5, 0.6) is 0 Å².